The number of allylic oxidation sites excluding steroid dienone is 2. The molecule has 18 rings (SSSR count). The van der Waals surface area contributed by atoms with Crippen LogP contribution >= 0.6 is 0 Å². The fourth-order valence-electron chi connectivity index (χ4n) is 24.0. The second-order valence-electron chi connectivity index (χ2n) is 45.6. The summed E-state index contributed by atoms with van der Waals surface area (Å²) >= 11 is 0. The van der Waals surface area contributed by atoms with E-state index in [1.54, 1.807) is 9.80 Å². The number of rotatable bonds is 12. The van der Waals surface area contributed by atoms with E-state index in [0.717, 1.165) is 152 Å². The minimum absolute atomic E-state index is 0. The number of aliphatic hydroxyl groups excluding tert-OH is 2. The molecule has 9 atom stereocenters. The zero-order valence-corrected chi connectivity index (χ0v) is 91.2. The van der Waals surface area contributed by atoms with Crippen LogP contribution in [0.15, 0.2) is 262 Å². The zero-order valence-electron chi connectivity index (χ0n) is 89.2. The summed E-state index contributed by atoms with van der Waals surface area (Å²) in [7, 11) is 1.75. The molecule has 2 N–H and O–H groups in total. The molecule has 5 fully saturated rings. The summed E-state index contributed by atoms with van der Waals surface area (Å²) in [5.74, 6) is 2.00. The first-order valence-corrected chi connectivity index (χ1v) is 50.7. The van der Waals surface area contributed by atoms with Crippen LogP contribution in [0, 0.1) is 43.3 Å². The van der Waals surface area contributed by atoms with E-state index >= 15 is 0 Å². The van der Waals surface area contributed by atoms with Crippen LogP contribution in [0.5, 0.6) is 0 Å². The molecule has 6 aromatic carbocycles. The van der Waals surface area contributed by atoms with Gasteiger partial charge in [0, 0.05) is 156 Å². The van der Waals surface area contributed by atoms with E-state index in [-0.39, 0.29) is 86.1 Å². The summed E-state index contributed by atoms with van der Waals surface area (Å²) in [6.45, 7) is 49.8. The van der Waals surface area contributed by atoms with Gasteiger partial charge >= 0.3 is 47.8 Å². The van der Waals surface area contributed by atoms with Crippen LogP contribution in [0.4, 0.5) is 14.4 Å². The van der Waals surface area contributed by atoms with Gasteiger partial charge in [-0.15, -0.1) is 0 Å². The van der Waals surface area contributed by atoms with Gasteiger partial charge in [-0.1, -0.05) is 274 Å². The van der Waals surface area contributed by atoms with Crippen molar-refractivity contribution in [2.24, 2.45) is 43.3 Å². The molecule has 22 heteroatoms. The monoisotopic (exact) mass is 1950 g/mol. The Morgan fingerprint density at radius 1 is 0.423 bits per heavy atom. The molecule has 0 radical (unpaired) electrons. The number of piperidine rings is 1. The molecule has 5 aliphatic carbocycles. The van der Waals surface area contributed by atoms with E-state index in [1.165, 1.54) is 63.0 Å². The molecule has 7 heterocycles. The minimum atomic E-state index is -0.761. The average molecular weight is 1950 g/mol. The Morgan fingerprint density at radius 2 is 0.754 bits per heavy atom. The molecule has 1 aromatic heterocycles. The van der Waals surface area contributed by atoms with Crippen molar-refractivity contribution in [3.8, 4) is 0 Å². The maximum absolute atomic E-state index is 13.3. The van der Waals surface area contributed by atoms with Crippen LogP contribution < -0.4 is 34.7 Å². The van der Waals surface area contributed by atoms with Crippen LogP contribution in [0.1, 0.15) is 240 Å². The molecule has 7 aromatic rings. The van der Waals surface area contributed by atoms with E-state index in [2.05, 4.69) is 210 Å². The molecule has 760 valence electrons. The van der Waals surface area contributed by atoms with Gasteiger partial charge < -0.3 is 53.5 Å². The Balaban J connectivity index is 0.000000179. The molecule has 3 amide bonds. The van der Waals surface area contributed by atoms with Gasteiger partial charge in [0.25, 0.3) is 0 Å². The van der Waals surface area contributed by atoms with Crippen molar-refractivity contribution >= 4 is 41.4 Å². The fourth-order valence-corrected chi connectivity index (χ4v) is 24.0. The maximum Gasteiger partial charge on any atom is 1.00 e. The van der Waals surface area contributed by atoms with Gasteiger partial charge in [0.15, 0.2) is 11.6 Å². The fraction of sp³-hybridized carbons (Fsp3) is 0.517. The molecule has 3 saturated carbocycles. The molecule has 11 aliphatic rings. The van der Waals surface area contributed by atoms with Crippen LogP contribution in [0.25, 0.3) is 0 Å². The molecule has 0 unspecified atom stereocenters. The molecule has 2 saturated heterocycles. The second kappa shape index (κ2) is 48.4. The summed E-state index contributed by atoms with van der Waals surface area (Å²) in [5, 5.41) is 29.2. The van der Waals surface area contributed by atoms with Crippen molar-refractivity contribution in [3.05, 3.63) is 302 Å². The number of fused-ring (bicyclic) bond motifs is 6. The molecular weight excluding hydrogens is 1790 g/mol. The molecule has 142 heavy (non-hydrogen) atoms. The zero-order chi connectivity index (χ0) is 103. The Labute approximate surface area is 868 Å². The number of likely N-dealkylation sites (tertiary alicyclic amines) is 1. The number of carbonyl (C=O) groups excluding carboxylic acids is 7. The van der Waals surface area contributed by atoms with Gasteiger partial charge in [0.05, 0.1) is 34.1 Å². The summed E-state index contributed by atoms with van der Waals surface area (Å²) < 4.78 is 27.5. The maximum atomic E-state index is 13.3. The summed E-state index contributed by atoms with van der Waals surface area (Å²) in [4.78, 5) is 99.5. The number of benzene rings is 6. The smallest absolute Gasteiger partial charge is 0.857 e. The van der Waals surface area contributed by atoms with Crippen molar-refractivity contribution in [2.45, 2.75) is 263 Å². The number of Topliss-reactive ketones (excluding diaryl/α,β-unsaturated/α-hetero) is 4. The van der Waals surface area contributed by atoms with Crippen LogP contribution in [-0.4, -0.2) is 191 Å². The van der Waals surface area contributed by atoms with Gasteiger partial charge in [-0.3, -0.25) is 29.0 Å². The number of nitrogens with zero attached hydrogens (tertiary/aromatic N) is 6. The number of amides is 3. The first-order chi connectivity index (χ1) is 66.7. The van der Waals surface area contributed by atoms with Gasteiger partial charge in [-0.05, 0) is 213 Å². The first kappa shape index (κ1) is 114. The van der Waals surface area contributed by atoms with Crippen molar-refractivity contribution < 1.29 is 102 Å². The van der Waals surface area contributed by atoms with Gasteiger partial charge in [0.1, 0.15) is 34.1 Å². The first-order valence-electron chi connectivity index (χ1n) is 50.7. The Bertz CT molecular complexity index is 5630. The topological polar surface area (TPSA) is 262 Å². The van der Waals surface area contributed by atoms with E-state index in [1.807, 2.05) is 154 Å². The second-order valence-corrected chi connectivity index (χ2v) is 45.6. The molecule has 0 bridgehead atoms. The number of carbonyl (C=O) groups is 7. The number of ketones is 4. The van der Waals surface area contributed by atoms with Crippen molar-refractivity contribution in [1.82, 2.24) is 29.7 Å². The number of aromatic nitrogens is 1. The predicted molar refractivity (Wildman–Crippen MR) is 557 cm³/mol. The summed E-state index contributed by atoms with van der Waals surface area (Å²) in [6, 6.07) is 62.5. The van der Waals surface area contributed by atoms with Crippen molar-refractivity contribution in [2.75, 3.05) is 92.9 Å². The normalized spacial score (nSPS) is 26.9. The molecule has 21 nitrogen and oxygen atoms in total. The molecule has 6 aliphatic heterocycles. The average Bonchev–Trinajstić information content (AvgIpc) is 1.67. The van der Waals surface area contributed by atoms with E-state index in [0.29, 0.717) is 94.3 Å². The third-order valence-electron chi connectivity index (χ3n) is 30.2. The Kier molecular flexibility index (Phi) is 38.8. The molecule has 0 spiro atoms. The Hall–Kier alpha value is -9.94. The predicted octanol–water partition coefficient (Wildman–Crippen LogP) is 19.5. The number of aliphatic hydroxyl groups is 2. The van der Waals surface area contributed by atoms with Crippen LogP contribution in [0.2, 0.25) is 0 Å². The summed E-state index contributed by atoms with van der Waals surface area (Å²) in [5.41, 5.74) is 12.5. The van der Waals surface area contributed by atoms with E-state index in [4.69, 9.17) is 33.7 Å². The third-order valence-corrected chi connectivity index (χ3v) is 30.2. The number of hydrogen-bond donors (Lipinski definition) is 2. The third kappa shape index (κ3) is 28.0. The van der Waals surface area contributed by atoms with E-state index < -0.39 is 33.0 Å². The largest absolute Gasteiger partial charge is 1.00 e. The number of ether oxygens (including phenoxy) is 4. The summed E-state index contributed by atoms with van der Waals surface area (Å²) in [6.07, 6.45) is 23.1. The van der Waals surface area contributed by atoms with Crippen LogP contribution in [-0.2, 0) is 88.7 Å². The standard InChI is InChI=1S/C25H29NO.C24H30N2O3.C24H31NO4.C23H31NO3.C18H23NO.C4H8O.CH4O.CH3O.Na/c1-24-15-13-23(27)25(2,17-20-9-5-3-6-10-20)22(24)14-16-26(19-24)18-21-11-7-4-8-12-21;1-22(2,3)28-21(27)26-12-11-19-23(4,16-26)14-18-15-25-29-20(18)24(19,5)13-17-9-7-6-8-10-17;1-22(2,3)29-21(28)25-12-11-19-23(4,16-25)14-18(15-26)20(27)24(19,5)13-17-9-7-6-8-10-17;1-21(2,3)27-20(26)24-14-12-18-22(4,16-24)13-11-19(25)23(18,5)15-17-9-7-6-8-10-17;1-14-16-9-11-19(12-15-6-4-3-5-7-15)13-18(16,2)10-8-17(14)20;1-2-4-5-3-1;2*1-2;/h3-12,14H,13,15-19H2,1-2H3;6-11,15H,12-14,16H2,1-5H3;6-11,15,26H,12-14,16H2,1-5H3;6-10,12H,11,13-16H2,1-5H3;3-7H,8-13H2,1-2H3;1-4H2;2H,1H3;1H3;/q;;;;;;;-1;+1/b;;18-15-;;;;;;/t24-,25+;2*23-,24+;22-,23+;18-;;;;/m00000..../s1. The Morgan fingerprint density at radius 3 is 1.14 bits per heavy atom. The molecular formula is C120H159N6NaO15. The van der Waals surface area contributed by atoms with E-state index in [9.17, 15) is 38.7 Å². The van der Waals surface area contributed by atoms with Gasteiger partial charge in [-0.25, -0.2) is 14.4 Å². The van der Waals surface area contributed by atoms with Crippen molar-refractivity contribution in [3.63, 3.8) is 0 Å². The minimum Gasteiger partial charge on any atom is -0.857 e. The quantitative estimate of drug-likeness (QED) is 0.0378. The van der Waals surface area contributed by atoms with Crippen LogP contribution in [0.3, 0.4) is 0 Å². The number of hydrogen-bond acceptors (Lipinski definition) is 18. The van der Waals surface area contributed by atoms with Gasteiger partial charge in [0.2, 0.25) is 0 Å². The van der Waals surface area contributed by atoms with Crippen molar-refractivity contribution in [1.29, 1.82) is 0 Å². The SMILES string of the molecule is C1CCOC1.CC(C)(C)OC(=O)N1CC=C2[C@@](C)(C/C(=C/O)C(=O)[C@]2(C)Cc2ccccc2)C1.CC(C)(C)OC(=O)N1CC=C2[C@@](C)(CCC(=O)[C@]2(C)Cc2ccccc2)C1.CC(C)(C)OC(=O)N1CC=C2[C@@](C)(Cc3cnoc3[C@]2(C)Cc2ccccc2)C1.CC1=C2CCN(Cc3ccccc3)C[C@]2(C)CCC1=O.CO.C[C@@]12CCC(=O)[C@](C)(Cc3ccccc3)C1=CCN(Cc1ccccc1)C2.C[O-].[Na+]. The van der Waals surface area contributed by atoms with Gasteiger partial charge in [-0.2, -0.15) is 7.11 Å².